The number of rotatable bonds is 5. The highest BCUT2D eigenvalue weighted by atomic mass is 32.2. The molecule has 0 saturated carbocycles. The smallest absolute Gasteiger partial charge is 0.313 e. The van der Waals surface area contributed by atoms with Crippen molar-refractivity contribution in [2.24, 2.45) is 5.92 Å². The fraction of sp³-hybridized carbons (Fsp3) is 0.364. The molecule has 3 heterocycles. The number of carbonyl (C=O) groups is 3. The summed E-state index contributed by atoms with van der Waals surface area (Å²) in [6.45, 7) is 1.73. The Morgan fingerprint density at radius 3 is 2.69 bits per heavy atom. The summed E-state index contributed by atoms with van der Waals surface area (Å²) in [6.07, 6.45) is 5.09. The number of hydrogen-bond donors (Lipinski definition) is 2. The molecule has 2 aliphatic rings. The third-order valence-corrected chi connectivity index (χ3v) is 6.20. The predicted molar refractivity (Wildman–Crippen MR) is 119 cm³/mol. The molecular weight excluding hydrogens is 432 g/mol. The van der Waals surface area contributed by atoms with Crippen LogP contribution in [0.15, 0.2) is 41.6 Å². The number of anilines is 1. The van der Waals surface area contributed by atoms with Crippen molar-refractivity contribution in [2.75, 3.05) is 38.0 Å². The molecule has 4 rings (SSSR count). The number of hydrogen-bond acceptors (Lipinski definition) is 7. The molecule has 0 spiro atoms. The maximum atomic E-state index is 12.8. The normalized spacial score (nSPS) is 15.3. The second kappa shape index (κ2) is 9.90. The Morgan fingerprint density at radius 2 is 1.91 bits per heavy atom. The maximum absolute atomic E-state index is 12.8. The van der Waals surface area contributed by atoms with Crippen molar-refractivity contribution in [3.05, 3.63) is 42.1 Å². The maximum Gasteiger partial charge on any atom is 0.313 e. The van der Waals surface area contributed by atoms with E-state index in [0.29, 0.717) is 42.4 Å². The first kappa shape index (κ1) is 21.9. The molecule has 3 amide bonds. The van der Waals surface area contributed by atoms with Gasteiger partial charge in [0.1, 0.15) is 5.03 Å². The van der Waals surface area contributed by atoms with Gasteiger partial charge in [-0.25, -0.2) is 4.98 Å². The van der Waals surface area contributed by atoms with Crippen molar-refractivity contribution in [3.8, 4) is 11.5 Å². The molecule has 32 heavy (non-hydrogen) atoms. The van der Waals surface area contributed by atoms with E-state index in [4.69, 9.17) is 9.47 Å². The summed E-state index contributed by atoms with van der Waals surface area (Å²) in [6, 6.07) is 8.51. The van der Waals surface area contributed by atoms with Crippen LogP contribution >= 0.6 is 11.8 Å². The van der Waals surface area contributed by atoms with Crippen LogP contribution in [0, 0.1) is 5.92 Å². The van der Waals surface area contributed by atoms with Gasteiger partial charge in [-0.05, 0) is 49.3 Å². The average Bonchev–Trinajstić information content (AvgIpc) is 3.30. The molecule has 1 aromatic heterocycles. The molecule has 0 bridgehead atoms. The summed E-state index contributed by atoms with van der Waals surface area (Å²) in [5.74, 6) is -0.118. The molecule has 0 unspecified atom stereocenters. The quantitative estimate of drug-likeness (QED) is 0.524. The first-order chi connectivity index (χ1) is 15.5. The zero-order valence-electron chi connectivity index (χ0n) is 17.6. The summed E-state index contributed by atoms with van der Waals surface area (Å²) in [4.78, 5) is 43.3. The summed E-state index contributed by atoms with van der Waals surface area (Å²) >= 11 is 1.45. The number of nitrogens with one attached hydrogen (secondary N) is 2. The van der Waals surface area contributed by atoms with Gasteiger partial charge in [0.25, 0.3) is 5.91 Å². The fourth-order valence-electron chi connectivity index (χ4n) is 3.71. The van der Waals surface area contributed by atoms with Crippen LogP contribution in [-0.4, -0.2) is 60.3 Å². The van der Waals surface area contributed by atoms with Gasteiger partial charge in [0, 0.05) is 37.6 Å². The number of benzene rings is 1. The van der Waals surface area contributed by atoms with E-state index < -0.39 is 11.8 Å². The van der Waals surface area contributed by atoms with Crippen LogP contribution in [0.3, 0.4) is 0 Å². The molecule has 1 fully saturated rings. The number of aromatic nitrogens is 1. The lowest BCUT2D eigenvalue weighted by Gasteiger charge is -2.32. The topological polar surface area (TPSA) is 110 Å². The number of fused-ring (bicyclic) bond motifs is 1. The Kier molecular flexibility index (Phi) is 6.79. The number of likely N-dealkylation sites (tertiary alicyclic amines) is 1. The highest BCUT2D eigenvalue weighted by Gasteiger charge is 2.26. The molecule has 0 radical (unpaired) electrons. The average molecular weight is 457 g/mol. The van der Waals surface area contributed by atoms with E-state index >= 15 is 0 Å². The lowest BCUT2D eigenvalue weighted by atomic mass is 9.96. The molecule has 9 nitrogen and oxygen atoms in total. The first-order valence-electron chi connectivity index (χ1n) is 10.3. The third kappa shape index (κ3) is 4.96. The van der Waals surface area contributed by atoms with E-state index in [0.717, 1.165) is 17.9 Å². The molecule has 1 saturated heterocycles. The Labute approximate surface area is 189 Å². The number of ether oxygens (including phenoxy) is 2. The van der Waals surface area contributed by atoms with Gasteiger partial charge >= 0.3 is 11.8 Å². The van der Waals surface area contributed by atoms with Crippen molar-refractivity contribution in [2.45, 2.75) is 17.9 Å². The van der Waals surface area contributed by atoms with Crippen LogP contribution in [0.5, 0.6) is 11.5 Å². The monoisotopic (exact) mass is 456 g/mol. The Hall–Kier alpha value is -3.27. The summed E-state index contributed by atoms with van der Waals surface area (Å²) in [5, 5.41) is 5.98. The lowest BCUT2D eigenvalue weighted by Crippen LogP contribution is -2.43. The predicted octanol–water partition coefficient (Wildman–Crippen LogP) is 2.14. The molecule has 0 aliphatic carbocycles. The number of nitrogens with zero attached hydrogens (tertiary/aromatic N) is 2. The van der Waals surface area contributed by atoms with Gasteiger partial charge in [-0.2, -0.15) is 0 Å². The standard InChI is InChI=1S/C22H24N4O5S/c1-32-21-16(3-2-8-23-21)22(29)26-9-6-14(7-10-26)12-24-19(27)20(28)25-15-4-5-17-18(11-15)31-13-30-17/h2-5,8,11,14H,6-7,9-10,12-13H2,1H3,(H,24,27)(H,25,28). The van der Waals surface area contributed by atoms with E-state index in [2.05, 4.69) is 15.6 Å². The largest absolute Gasteiger partial charge is 0.454 e. The fourth-order valence-corrected chi connectivity index (χ4v) is 4.25. The lowest BCUT2D eigenvalue weighted by molar-refractivity contribution is -0.136. The molecule has 2 aliphatic heterocycles. The van der Waals surface area contributed by atoms with E-state index in [1.165, 1.54) is 11.8 Å². The summed E-state index contributed by atoms with van der Waals surface area (Å²) in [7, 11) is 0. The second-order valence-electron chi connectivity index (χ2n) is 7.53. The van der Waals surface area contributed by atoms with Crippen LogP contribution in [-0.2, 0) is 9.59 Å². The van der Waals surface area contributed by atoms with E-state index in [9.17, 15) is 14.4 Å². The Morgan fingerprint density at radius 1 is 1.12 bits per heavy atom. The van der Waals surface area contributed by atoms with Crippen LogP contribution in [0.4, 0.5) is 5.69 Å². The highest BCUT2D eigenvalue weighted by Crippen LogP contribution is 2.34. The Balaban J connectivity index is 1.22. The minimum Gasteiger partial charge on any atom is -0.454 e. The van der Waals surface area contributed by atoms with E-state index in [1.807, 2.05) is 11.2 Å². The van der Waals surface area contributed by atoms with Gasteiger partial charge < -0.3 is 25.0 Å². The van der Waals surface area contributed by atoms with Crippen LogP contribution in [0.25, 0.3) is 0 Å². The zero-order chi connectivity index (χ0) is 22.5. The number of pyridine rings is 1. The molecule has 0 atom stereocenters. The first-order valence-corrected chi connectivity index (χ1v) is 11.5. The van der Waals surface area contributed by atoms with Crippen LogP contribution in [0.1, 0.15) is 23.2 Å². The molecule has 168 valence electrons. The van der Waals surface area contributed by atoms with Crippen molar-refractivity contribution in [1.82, 2.24) is 15.2 Å². The number of amides is 3. The van der Waals surface area contributed by atoms with Crippen LogP contribution < -0.4 is 20.1 Å². The summed E-state index contributed by atoms with van der Waals surface area (Å²) in [5.41, 5.74) is 1.08. The van der Waals surface area contributed by atoms with Gasteiger partial charge in [0.05, 0.1) is 5.56 Å². The van der Waals surface area contributed by atoms with Crippen molar-refractivity contribution < 1.29 is 23.9 Å². The minimum absolute atomic E-state index is 0.0203. The highest BCUT2D eigenvalue weighted by molar-refractivity contribution is 7.98. The van der Waals surface area contributed by atoms with Crippen molar-refractivity contribution >= 4 is 35.2 Å². The SMILES string of the molecule is CSc1ncccc1C(=O)N1CCC(CNC(=O)C(=O)Nc2ccc3c(c2)OCO3)CC1. The van der Waals surface area contributed by atoms with Gasteiger partial charge in [-0.3, -0.25) is 14.4 Å². The number of piperidine rings is 1. The van der Waals surface area contributed by atoms with E-state index in [1.54, 1.807) is 36.5 Å². The molecule has 1 aromatic carbocycles. The van der Waals surface area contributed by atoms with Crippen molar-refractivity contribution in [3.63, 3.8) is 0 Å². The number of thioether (sulfide) groups is 1. The Bertz CT molecular complexity index is 1020. The van der Waals surface area contributed by atoms with Gasteiger partial charge in [0.15, 0.2) is 11.5 Å². The van der Waals surface area contributed by atoms with Gasteiger partial charge in [0.2, 0.25) is 6.79 Å². The summed E-state index contributed by atoms with van der Waals surface area (Å²) < 4.78 is 10.5. The van der Waals surface area contributed by atoms with Gasteiger partial charge in [-0.15, -0.1) is 11.8 Å². The molecule has 2 N–H and O–H groups in total. The minimum atomic E-state index is -0.738. The number of carbonyl (C=O) groups excluding carboxylic acids is 3. The van der Waals surface area contributed by atoms with Crippen molar-refractivity contribution in [1.29, 1.82) is 0 Å². The van der Waals surface area contributed by atoms with E-state index in [-0.39, 0.29) is 18.6 Å². The third-order valence-electron chi connectivity index (χ3n) is 5.48. The van der Waals surface area contributed by atoms with Gasteiger partial charge in [-0.1, -0.05) is 0 Å². The molecular formula is C22H24N4O5S. The molecule has 2 aromatic rings. The molecule has 10 heteroatoms. The zero-order valence-corrected chi connectivity index (χ0v) is 18.4. The second-order valence-corrected chi connectivity index (χ2v) is 8.32. The van der Waals surface area contributed by atoms with Crippen LogP contribution in [0.2, 0.25) is 0 Å².